The summed E-state index contributed by atoms with van der Waals surface area (Å²) in [6.07, 6.45) is 0.530. The van der Waals surface area contributed by atoms with E-state index in [2.05, 4.69) is 15.3 Å². The zero-order valence-corrected chi connectivity index (χ0v) is 17.3. The molecule has 0 N–H and O–H groups in total. The topological polar surface area (TPSA) is 106 Å². The molecule has 1 aliphatic heterocycles. The standard InChI is InChI=1S/C21H22FN5O4/c1-13-11-15(3-4-16(13)22)20-23-18(31-25-20)5-6-19(28)26-7-9-27(10-8-26)21(29)17-12-14(2)24-30-17/h3-4,11-12H,5-10H2,1-2H3. The second-order valence-electron chi connectivity index (χ2n) is 7.48. The zero-order valence-electron chi connectivity index (χ0n) is 17.3. The lowest BCUT2D eigenvalue weighted by Gasteiger charge is -2.34. The number of halogens is 1. The molecule has 0 atom stereocenters. The Balaban J connectivity index is 1.27. The van der Waals surface area contributed by atoms with Crippen molar-refractivity contribution < 1.29 is 23.0 Å². The van der Waals surface area contributed by atoms with Gasteiger partial charge in [-0.1, -0.05) is 10.3 Å². The first-order chi connectivity index (χ1) is 14.9. The normalized spacial score (nSPS) is 14.2. The zero-order chi connectivity index (χ0) is 22.0. The van der Waals surface area contributed by atoms with Gasteiger partial charge in [-0.3, -0.25) is 9.59 Å². The number of hydrogen-bond acceptors (Lipinski definition) is 7. The lowest BCUT2D eigenvalue weighted by atomic mass is 10.1. The summed E-state index contributed by atoms with van der Waals surface area (Å²) in [7, 11) is 0. The number of carbonyl (C=O) groups is 2. The molecule has 9 nitrogen and oxygen atoms in total. The van der Waals surface area contributed by atoms with Gasteiger partial charge in [-0.15, -0.1) is 0 Å². The first-order valence-electron chi connectivity index (χ1n) is 10.00. The Hall–Kier alpha value is -3.56. The quantitative estimate of drug-likeness (QED) is 0.616. The summed E-state index contributed by atoms with van der Waals surface area (Å²) in [5.41, 5.74) is 1.80. The van der Waals surface area contributed by atoms with Gasteiger partial charge in [-0.2, -0.15) is 4.98 Å². The average Bonchev–Trinajstić information content (AvgIpc) is 3.43. The highest BCUT2D eigenvalue weighted by molar-refractivity contribution is 5.91. The number of aromatic nitrogens is 3. The van der Waals surface area contributed by atoms with Crippen LogP contribution in [0.15, 0.2) is 33.3 Å². The highest BCUT2D eigenvalue weighted by atomic mass is 19.1. The molecule has 1 aromatic carbocycles. The molecule has 2 aromatic heterocycles. The maximum absolute atomic E-state index is 13.4. The van der Waals surface area contributed by atoms with Crippen molar-refractivity contribution in [2.45, 2.75) is 26.7 Å². The summed E-state index contributed by atoms with van der Waals surface area (Å²) in [5, 5.41) is 7.65. The first-order valence-corrected chi connectivity index (χ1v) is 10.00. The Morgan fingerprint density at radius 1 is 1.03 bits per heavy atom. The van der Waals surface area contributed by atoms with Crippen LogP contribution in [0.3, 0.4) is 0 Å². The van der Waals surface area contributed by atoms with E-state index < -0.39 is 0 Å². The van der Waals surface area contributed by atoms with Crippen molar-refractivity contribution in [2.24, 2.45) is 0 Å². The fourth-order valence-corrected chi connectivity index (χ4v) is 3.41. The van der Waals surface area contributed by atoms with Crippen LogP contribution in [0.2, 0.25) is 0 Å². The summed E-state index contributed by atoms with van der Waals surface area (Å²) in [6.45, 7) is 5.17. The van der Waals surface area contributed by atoms with Crippen molar-refractivity contribution in [1.82, 2.24) is 25.1 Å². The number of amides is 2. The third kappa shape index (κ3) is 4.62. The van der Waals surface area contributed by atoms with Crippen molar-refractivity contribution in [3.8, 4) is 11.4 Å². The highest BCUT2D eigenvalue weighted by Crippen LogP contribution is 2.19. The molecule has 1 aliphatic rings. The predicted octanol–water partition coefficient (Wildman–Crippen LogP) is 2.40. The molecule has 31 heavy (non-hydrogen) atoms. The first kappa shape index (κ1) is 20.7. The van der Waals surface area contributed by atoms with Gasteiger partial charge in [-0.25, -0.2) is 4.39 Å². The molecule has 0 radical (unpaired) electrons. The molecular weight excluding hydrogens is 405 g/mol. The Labute approximate surface area is 177 Å². The number of rotatable bonds is 5. The molecule has 162 valence electrons. The van der Waals surface area contributed by atoms with E-state index >= 15 is 0 Å². The molecule has 0 spiro atoms. The number of hydrogen-bond donors (Lipinski definition) is 0. The molecule has 4 rings (SSSR count). The maximum atomic E-state index is 13.4. The Morgan fingerprint density at radius 3 is 2.45 bits per heavy atom. The fraction of sp³-hybridized carbons (Fsp3) is 0.381. The summed E-state index contributed by atoms with van der Waals surface area (Å²) in [6, 6.07) is 6.20. The maximum Gasteiger partial charge on any atom is 0.292 e. The van der Waals surface area contributed by atoms with Gasteiger partial charge in [0.1, 0.15) is 5.82 Å². The van der Waals surface area contributed by atoms with Crippen LogP contribution in [0.5, 0.6) is 0 Å². The van der Waals surface area contributed by atoms with E-state index in [1.54, 1.807) is 41.8 Å². The van der Waals surface area contributed by atoms with Gasteiger partial charge in [0, 0.05) is 50.7 Å². The second-order valence-corrected chi connectivity index (χ2v) is 7.48. The summed E-state index contributed by atoms with van der Waals surface area (Å²) < 4.78 is 23.7. The molecule has 2 amide bonds. The van der Waals surface area contributed by atoms with Crippen LogP contribution in [0, 0.1) is 19.7 Å². The highest BCUT2D eigenvalue weighted by Gasteiger charge is 2.27. The van der Waals surface area contributed by atoms with Crippen LogP contribution in [0.1, 0.15) is 34.1 Å². The van der Waals surface area contributed by atoms with Crippen LogP contribution in [-0.4, -0.2) is 63.1 Å². The lowest BCUT2D eigenvalue weighted by molar-refractivity contribution is -0.132. The summed E-state index contributed by atoms with van der Waals surface area (Å²) >= 11 is 0. The molecule has 3 heterocycles. The van der Waals surface area contributed by atoms with E-state index in [1.165, 1.54) is 6.07 Å². The Morgan fingerprint density at radius 2 is 1.77 bits per heavy atom. The summed E-state index contributed by atoms with van der Waals surface area (Å²) in [5.74, 6) is 0.360. The monoisotopic (exact) mass is 427 g/mol. The van der Waals surface area contributed by atoms with Gasteiger partial charge < -0.3 is 18.8 Å². The van der Waals surface area contributed by atoms with Crippen molar-refractivity contribution in [3.05, 3.63) is 53.0 Å². The third-order valence-corrected chi connectivity index (χ3v) is 5.20. The average molecular weight is 427 g/mol. The van der Waals surface area contributed by atoms with Gasteiger partial charge >= 0.3 is 0 Å². The van der Waals surface area contributed by atoms with Crippen LogP contribution < -0.4 is 0 Å². The fourth-order valence-electron chi connectivity index (χ4n) is 3.41. The van der Waals surface area contributed by atoms with E-state index in [1.807, 2.05) is 0 Å². The Kier molecular flexibility index (Phi) is 5.79. The largest absolute Gasteiger partial charge is 0.351 e. The van der Waals surface area contributed by atoms with Crippen LogP contribution in [0.25, 0.3) is 11.4 Å². The Bertz CT molecular complexity index is 1100. The minimum atomic E-state index is -0.296. The SMILES string of the molecule is Cc1cc(C(=O)N2CCN(C(=O)CCc3nc(-c4ccc(F)c(C)c4)no3)CC2)on1. The van der Waals surface area contributed by atoms with Gasteiger partial charge in [0.15, 0.2) is 0 Å². The molecule has 1 saturated heterocycles. The summed E-state index contributed by atoms with van der Waals surface area (Å²) in [4.78, 5) is 32.6. The number of piperazine rings is 1. The van der Waals surface area contributed by atoms with Crippen LogP contribution in [0.4, 0.5) is 4.39 Å². The van der Waals surface area contributed by atoms with Gasteiger partial charge in [-0.05, 0) is 37.6 Å². The van der Waals surface area contributed by atoms with Gasteiger partial charge in [0.25, 0.3) is 5.91 Å². The van der Waals surface area contributed by atoms with Gasteiger partial charge in [0.05, 0.1) is 5.69 Å². The van der Waals surface area contributed by atoms with Crippen molar-refractivity contribution in [3.63, 3.8) is 0 Å². The molecule has 10 heteroatoms. The van der Waals surface area contributed by atoms with E-state index in [0.29, 0.717) is 61.1 Å². The van der Waals surface area contributed by atoms with Crippen LogP contribution in [-0.2, 0) is 11.2 Å². The van der Waals surface area contributed by atoms with E-state index in [-0.39, 0.29) is 29.8 Å². The van der Waals surface area contributed by atoms with Crippen LogP contribution >= 0.6 is 0 Å². The molecule has 1 fully saturated rings. The minimum Gasteiger partial charge on any atom is -0.351 e. The van der Waals surface area contributed by atoms with E-state index in [9.17, 15) is 14.0 Å². The van der Waals surface area contributed by atoms with Crippen molar-refractivity contribution in [2.75, 3.05) is 26.2 Å². The predicted molar refractivity (Wildman–Crippen MR) is 106 cm³/mol. The lowest BCUT2D eigenvalue weighted by Crippen LogP contribution is -2.50. The minimum absolute atomic E-state index is 0.0417. The molecule has 0 unspecified atom stereocenters. The van der Waals surface area contributed by atoms with Crippen molar-refractivity contribution >= 4 is 11.8 Å². The van der Waals surface area contributed by atoms with Gasteiger partial charge in [0.2, 0.25) is 23.4 Å². The number of carbonyl (C=O) groups excluding carboxylic acids is 2. The number of aryl methyl sites for hydroxylation is 3. The second kappa shape index (κ2) is 8.66. The molecule has 0 saturated carbocycles. The number of nitrogens with zero attached hydrogens (tertiary/aromatic N) is 5. The smallest absolute Gasteiger partial charge is 0.292 e. The van der Waals surface area contributed by atoms with E-state index in [4.69, 9.17) is 9.05 Å². The van der Waals surface area contributed by atoms with Crippen molar-refractivity contribution in [1.29, 1.82) is 0 Å². The third-order valence-electron chi connectivity index (χ3n) is 5.20. The van der Waals surface area contributed by atoms with E-state index in [0.717, 1.165) is 0 Å². The molecule has 0 bridgehead atoms. The number of benzene rings is 1. The molecule has 3 aromatic rings. The molecule has 0 aliphatic carbocycles. The molecular formula is C21H22FN5O4.